The molecule has 4 rings (SSSR count). The molecular weight excluding hydrogens is 354 g/mol. The van der Waals surface area contributed by atoms with E-state index >= 15 is 0 Å². The van der Waals surface area contributed by atoms with Crippen LogP contribution in [0.2, 0.25) is 0 Å². The van der Waals surface area contributed by atoms with Gasteiger partial charge in [-0.3, -0.25) is 4.98 Å². The highest BCUT2D eigenvalue weighted by Crippen LogP contribution is 2.35. The molecule has 1 fully saturated rings. The van der Waals surface area contributed by atoms with Crippen LogP contribution in [0.3, 0.4) is 0 Å². The minimum atomic E-state index is -0.0844. The van der Waals surface area contributed by atoms with Crippen LogP contribution in [0.1, 0.15) is 41.1 Å². The Morgan fingerprint density at radius 3 is 2.82 bits per heavy atom. The van der Waals surface area contributed by atoms with Crippen LogP contribution < -0.4 is 11.1 Å². The molecule has 3 aromatic rings. The monoisotopic (exact) mass is 377 g/mol. The molecule has 0 unspecified atom stereocenters. The molecule has 4 N–H and O–H groups in total. The number of pyridine rings is 1. The van der Waals surface area contributed by atoms with Gasteiger partial charge in [0.1, 0.15) is 23.3 Å². The third kappa shape index (κ3) is 3.49. The number of hydrogen-bond acceptors (Lipinski definition) is 7. The third-order valence-corrected chi connectivity index (χ3v) is 5.10. The summed E-state index contributed by atoms with van der Waals surface area (Å²) in [6, 6.07) is 7.71. The van der Waals surface area contributed by atoms with Crippen LogP contribution in [0.4, 0.5) is 11.6 Å². The average molecular weight is 377 g/mol. The topological polar surface area (TPSA) is 125 Å². The van der Waals surface area contributed by atoms with E-state index in [2.05, 4.69) is 21.5 Å². The number of fused-ring (bicyclic) bond motifs is 1. The van der Waals surface area contributed by atoms with Crippen molar-refractivity contribution in [2.75, 3.05) is 17.6 Å². The summed E-state index contributed by atoms with van der Waals surface area (Å²) in [4.78, 5) is 9.08. The van der Waals surface area contributed by atoms with Gasteiger partial charge < -0.3 is 16.2 Å². The van der Waals surface area contributed by atoms with Crippen molar-refractivity contribution < 1.29 is 5.11 Å². The van der Waals surface area contributed by atoms with E-state index < -0.39 is 0 Å². The number of aryl methyl sites for hydroxylation is 1. The Kier molecular flexibility index (Phi) is 4.84. The van der Waals surface area contributed by atoms with Gasteiger partial charge in [-0.05, 0) is 44.2 Å². The Bertz CT molecular complexity index is 1060. The van der Waals surface area contributed by atoms with Gasteiger partial charge in [-0.25, -0.2) is 4.98 Å². The Morgan fingerprint density at radius 2 is 2.11 bits per heavy atom. The average Bonchev–Trinajstić information content (AvgIpc) is 3.47. The molecule has 0 spiro atoms. The molecule has 3 heterocycles. The van der Waals surface area contributed by atoms with E-state index in [1.165, 1.54) is 12.8 Å². The summed E-state index contributed by atoms with van der Waals surface area (Å²) in [6.07, 6.45) is 4.07. The molecular formula is C20H23N7O. The lowest BCUT2D eigenvalue weighted by Crippen LogP contribution is -2.13. The molecule has 1 aliphatic rings. The predicted molar refractivity (Wildman–Crippen MR) is 106 cm³/mol. The molecule has 0 atom stereocenters. The zero-order chi connectivity index (χ0) is 19.7. The molecule has 0 saturated heterocycles. The van der Waals surface area contributed by atoms with Gasteiger partial charge in [0.2, 0.25) is 0 Å². The number of rotatable bonds is 7. The van der Waals surface area contributed by atoms with Crippen molar-refractivity contribution in [2.24, 2.45) is 5.92 Å². The maximum absolute atomic E-state index is 9.58. The van der Waals surface area contributed by atoms with E-state index in [0.29, 0.717) is 41.8 Å². The van der Waals surface area contributed by atoms with Crippen LogP contribution in [-0.2, 0) is 19.4 Å². The lowest BCUT2D eigenvalue weighted by Gasteiger charge is -2.11. The summed E-state index contributed by atoms with van der Waals surface area (Å²) in [5.41, 5.74) is 10.8. The fourth-order valence-electron chi connectivity index (χ4n) is 3.37. The van der Waals surface area contributed by atoms with E-state index in [1.807, 2.05) is 19.1 Å². The van der Waals surface area contributed by atoms with Crippen LogP contribution in [0.25, 0.3) is 5.65 Å². The van der Waals surface area contributed by atoms with Crippen LogP contribution in [0, 0.1) is 24.2 Å². The van der Waals surface area contributed by atoms with Crippen molar-refractivity contribution in [1.82, 2.24) is 19.6 Å². The molecule has 0 amide bonds. The lowest BCUT2D eigenvalue weighted by atomic mass is 10.1. The van der Waals surface area contributed by atoms with Gasteiger partial charge in [-0.2, -0.15) is 14.9 Å². The normalized spacial score (nSPS) is 13.6. The van der Waals surface area contributed by atoms with Crippen molar-refractivity contribution in [1.29, 1.82) is 5.26 Å². The Labute approximate surface area is 163 Å². The fraction of sp³-hybridized carbons (Fsp3) is 0.400. The number of nitriles is 1. The largest absolute Gasteiger partial charge is 0.390 e. The number of aliphatic hydroxyl groups excluding tert-OH is 1. The van der Waals surface area contributed by atoms with Gasteiger partial charge in [0.25, 0.3) is 0 Å². The molecule has 8 heteroatoms. The molecule has 1 aliphatic carbocycles. The van der Waals surface area contributed by atoms with E-state index in [4.69, 9.17) is 10.7 Å². The molecule has 28 heavy (non-hydrogen) atoms. The minimum absolute atomic E-state index is 0.0844. The standard InChI is InChI=1S/C20H23N7O/c1-12-16(9-13-5-6-13)20-25-19(17(10-21)18(22)27(20)26-12)23-8-7-14-3-2-4-15(11-28)24-14/h2-4,13,28H,5-9,11,22H2,1H3,(H,23,25). The highest BCUT2D eigenvalue weighted by atomic mass is 16.3. The number of nitrogen functional groups attached to an aromatic ring is 1. The second kappa shape index (κ2) is 7.44. The summed E-state index contributed by atoms with van der Waals surface area (Å²) in [5, 5.41) is 26.5. The summed E-state index contributed by atoms with van der Waals surface area (Å²) in [6.45, 7) is 2.42. The quantitative estimate of drug-likeness (QED) is 0.575. The van der Waals surface area contributed by atoms with Crippen molar-refractivity contribution in [3.63, 3.8) is 0 Å². The highest BCUT2D eigenvalue weighted by Gasteiger charge is 2.26. The lowest BCUT2D eigenvalue weighted by molar-refractivity contribution is 0.276. The number of anilines is 2. The summed E-state index contributed by atoms with van der Waals surface area (Å²) in [7, 11) is 0. The van der Waals surface area contributed by atoms with Gasteiger partial charge in [0, 0.05) is 24.2 Å². The first-order valence-electron chi connectivity index (χ1n) is 9.48. The zero-order valence-corrected chi connectivity index (χ0v) is 15.8. The second-order valence-electron chi connectivity index (χ2n) is 7.23. The fourth-order valence-corrected chi connectivity index (χ4v) is 3.37. The van der Waals surface area contributed by atoms with Gasteiger partial charge in [-0.1, -0.05) is 6.07 Å². The van der Waals surface area contributed by atoms with Crippen LogP contribution in [0.15, 0.2) is 18.2 Å². The number of aliphatic hydroxyl groups is 1. The first kappa shape index (κ1) is 18.2. The molecule has 1 saturated carbocycles. The molecule has 8 nitrogen and oxygen atoms in total. The number of aromatic nitrogens is 4. The zero-order valence-electron chi connectivity index (χ0n) is 15.8. The number of nitrogens with zero attached hydrogens (tertiary/aromatic N) is 5. The van der Waals surface area contributed by atoms with E-state index in [9.17, 15) is 10.4 Å². The number of hydrogen-bond donors (Lipinski definition) is 3. The molecule has 0 bridgehead atoms. The molecule has 144 valence electrons. The molecule has 0 aromatic carbocycles. The third-order valence-electron chi connectivity index (χ3n) is 5.10. The summed E-state index contributed by atoms with van der Waals surface area (Å²) >= 11 is 0. The van der Waals surface area contributed by atoms with Crippen LogP contribution >= 0.6 is 0 Å². The maximum Gasteiger partial charge on any atom is 0.163 e. The first-order valence-corrected chi connectivity index (χ1v) is 9.48. The second-order valence-corrected chi connectivity index (χ2v) is 7.23. The van der Waals surface area contributed by atoms with Gasteiger partial charge in [-0.15, -0.1) is 0 Å². The minimum Gasteiger partial charge on any atom is -0.390 e. The van der Waals surface area contributed by atoms with E-state index in [0.717, 1.165) is 29.0 Å². The summed E-state index contributed by atoms with van der Waals surface area (Å²) in [5.74, 6) is 1.48. The van der Waals surface area contributed by atoms with Crippen molar-refractivity contribution >= 4 is 17.3 Å². The highest BCUT2D eigenvalue weighted by molar-refractivity contribution is 5.69. The molecule has 0 aliphatic heterocycles. The number of nitrogens with one attached hydrogen (secondary N) is 1. The number of nitrogens with two attached hydrogens (primary N) is 1. The Balaban J connectivity index is 1.60. The van der Waals surface area contributed by atoms with Gasteiger partial charge in [0.15, 0.2) is 5.65 Å². The van der Waals surface area contributed by atoms with Gasteiger partial charge in [0.05, 0.1) is 18.0 Å². The summed E-state index contributed by atoms with van der Waals surface area (Å²) < 4.78 is 1.59. The van der Waals surface area contributed by atoms with Gasteiger partial charge >= 0.3 is 0 Å². The van der Waals surface area contributed by atoms with E-state index in [-0.39, 0.29) is 6.61 Å². The van der Waals surface area contributed by atoms with Crippen molar-refractivity contribution in [3.05, 3.63) is 46.4 Å². The Hall–Kier alpha value is -3.18. The van der Waals surface area contributed by atoms with Crippen molar-refractivity contribution in [3.8, 4) is 6.07 Å². The molecule has 3 aromatic heterocycles. The van der Waals surface area contributed by atoms with Crippen LogP contribution in [-0.4, -0.2) is 31.2 Å². The van der Waals surface area contributed by atoms with Crippen molar-refractivity contribution in [2.45, 2.75) is 39.2 Å². The van der Waals surface area contributed by atoms with Crippen LogP contribution in [0.5, 0.6) is 0 Å². The maximum atomic E-state index is 9.58. The smallest absolute Gasteiger partial charge is 0.163 e. The SMILES string of the molecule is Cc1nn2c(N)c(C#N)c(NCCc3cccc(CO)n3)nc2c1CC1CC1. The van der Waals surface area contributed by atoms with E-state index in [1.54, 1.807) is 10.6 Å². The first-order chi connectivity index (χ1) is 13.6. The molecule has 0 radical (unpaired) electrons. The predicted octanol–water partition coefficient (Wildman–Crippen LogP) is 1.99. The Morgan fingerprint density at radius 1 is 1.32 bits per heavy atom.